The topological polar surface area (TPSA) is 77.2 Å². The second kappa shape index (κ2) is 9.58. The van der Waals surface area contributed by atoms with Crippen molar-refractivity contribution in [2.24, 2.45) is 0 Å². The smallest absolute Gasteiger partial charge is 0.303 e. The Morgan fingerprint density at radius 2 is 1.62 bits per heavy atom. The zero-order valence-corrected chi connectivity index (χ0v) is 18.5. The van der Waals surface area contributed by atoms with Crippen molar-refractivity contribution in [2.75, 3.05) is 0 Å². The highest BCUT2D eigenvalue weighted by Crippen LogP contribution is 2.32. The molecule has 0 aliphatic heterocycles. The number of rotatable bonds is 8. The largest absolute Gasteiger partial charge is 0.481 e. The van der Waals surface area contributed by atoms with Crippen molar-refractivity contribution in [3.8, 4) is 22.8 Å². The predicted molar refractivity (Wildman–Crippen MR) is 131 cm³/mol. The molecule has 0 radical (unpaired) electrons. The minimum absolute atomic E-state index is 0.125. The molecule has 0 saturated heterocycles. The lowest BCUT2D eigenvalue weighted by molar-refractivity contribution is -0.136. The molecule has 0 aliphatic rings. The molecular weight excluding hydrogens is 426 g/mol. The van der Waals surface area contributed by atoms with Crippen LogP contribution in [0.3, 0.4) is 0 Å². The molecule has 2 heterocycles. The van der Waals surface area contributed by atoms with Crippen LogP contribution in [0.15, 0.2) is 97.2 Å². The van der Waals surface area contributed by atoms with Crippen LogP contribution >= 0.6 is 0 Å². The lowest BCUT2D eigenvalue weighted by atomic mass is 10.0. The van der Waals surface area contributed by atoms with E-state index >= 15 is 0 Å². The maximum Gasteiger partial charge on any atom is 0.303 e. The summed E-state index contributed by atoms with van der Waals surface area (Å²) in [6.45, 7) is 0.425. The van der Waals surface area contributed by atoms with Gasteiger partial charge in [0.25, 0.3) is 0 Å². The van der Waals surface area contributed by atoms with E-state index in [4.69, 9.17) is 14.9 Å². The molecule has 0 aliphatic carbocycles. The number of aryl methyl sites for hydroxylation is 1. The van der Waals surface area contributed by atoms with Gasteiger partial charge in [-0.05, 0) is 52.9 Å². The monoisotopic (exact) mass is 449 g/mol. The summed E-state index contributed by atoms with van der Waals surface area (Å²) in [5.74, 6) is 0.478. The van der Waals surface area contributed by atoms with Gasteiger partial charge in [-0.15, -0.1) is 5.10 Å². The molecule has 6 heteroatoms. The van der Waals surface area contributed by atoms with Crippen LogP contribution in [-0.2, 0) is 17.8 Å². The third kappa shape index (κ3) is 4.66. The molecular formula is C28H23N3O3. The summed E-state index contributed by atoms with van der Waals surface area (Å²) < 4.78 is 7.91. The average Bonchev–Trinajstić information content (AvgIpc) is 3.25. The molecule has 34 heavy (non-hydrogen) atoms. The Morgan fingerprint density at radius 3 is 2.35 bits per heavy atom. The van der Waals surface area contributed by atoms with Crippen molar-refractivity contribution in [1.82, 2.24) is 14.8 Å². The van der Waals surface area contributed by atoms with Gasteiger partial charge in [0.15, 0.2) is 5.82 Å². The van der Waals surface area contributed by atoms with Crippen LogP contribution in [0.2, 0.25) is 0 Å². The Labute approximate surface area is 197 Å². The number of aromatic nitrogens is 3. The molecule has 5 rings (SSSR count). The summed E-state index contributed by atoms with van der Waals surface area (Å²) in [6.07, 6.45) is 2.39. The van der Waals surface area contributed by atoms with Crippen LogP contribution in [0.4, 0.5) is 0 Å². The lowest BCUT2D eigenvalue weighted by Gasteiger charge is -2.06. The van der Waals surface area contributed by atoms with Crippen LogP contribution in [0, 0.1) is 0 Å². The summed E-state index contributed by atoms with van der Waals surface area (Å²) in [5.41, 5.74) is 5.05. The van der Waals surface area contributed by atoms with E-state index in [1.165, 1.54) is 0 Å². The first kappa shape index (κ1) is 21.4. The van der Waals surface area contributed by atoms with E-state index in [1.807, 2.05) is 78.9 Å². The molecule has 1 N–H and O–H groups in total. The molecule has 5 aromatic rings. The van der Waals surface area contributed by atoms with Gasteiger partial charge in [-0.25, -0.2) is 9.67 Å². The molecule has 3 aromatic carbocycles. The number of nitrogens with zero attached hydrogens (tertiary/aromatic N) is 3. The fourth-order valence-electron chi connectivity index (χ4n) is 3.87. The molecule has 0 fully saturated rings. The number of hydrogen-bond donors (Lipinski definition) is 1. The third-order valence-corrected chi connectivity index (χ3v) is 5.65. The van der Waals surface area contributed by atoms with Gasteiger partial charge in [0.05, 0.1) is 10.9 Å². The zero-order valence-electron chi connectivity index (χ0n) is 18.5. The minimum atomic E-state index is -0.789. The van der Waals surface area contributed by atoms with E-state index in [2.05, 4.69) is 17.1 Å². The van der Waals surface area contributed by atoms with E-state index < -0.39 is 5.97 Å². The number of ether oxygens (including phenoxy) is 1. The molecule has 0 saturated carbocycles. The first-order valence-corrected chi connectivity index (χ1v) is 11.1. The van der Waals surface area contributed by atoms with Crippen molar-refractivity contribution < 1.29 is 14.6 Å². The van der Waals surface area contributed by atoms with E-state index in [1.54, 1.807) is 10.9 Å². The Morgan fingerprint density at radius 1 is 0.853 bits per heavy atom. The van der Waals surface area contributed by atoms with Crippen LogP contribution < -0.4 is 4.74 Å². The van der Waals surface area contributed by atoms with Gasteiger partial charge in [-0.3, -0.25) is 4.79 Å². The molecule has 6 nitrogen and oxygen atoms in total. The van der Waals surface area contributed by atoms with Crippen LogP contribution in [0.25, 0.3) is 27.8 Å². The minimum Gasteiger partial charge on any atom is -0.481 e. The van der Waals surface area contributed by atoms with E-state index in [9.17, 15) is 4.79 Å². The van der Waals surface area contributed by atoms with Crippen molar-refractivity contribution in [1.29, 1.82) is 0 Å². The normalized spacial score (nSPS) is 10.9. The van der Waals surface area contributed by atoms with Crippen molar-refractivity contribution in [3.05, 3.63) is 108 Å². The third-order valence-electron chi connectivity index (χ3n) is 5.65. The summed E-state index contributed by atoms with van der Waals surface area (Å²) in [4.78, 5) is 15.3. The quantitative estimate of drug-likeness (QED) is 0.330. The number of carboxylic acids is 1. The Bertz CT molecular complexity index is 1410. The zero-order chi connectivity index (χ0) is 23.3. The summed E-state index contributed by atoms with van der Waals surface area (Å²) in [6, 6.07) is 29.9. The lowest BCUT2D eigenvalue weighted by Crippen LogP contribution is -2.00. The second-order valence-corrected chi connectivity index (χ2v) is 8.00. The van der Waals surface area contributed by atoms with Gasteiger partial charge in [0, 0.05) is 12.6 Å². The highest BCUT2D eigenvalue weighted by Gasteiger charge is 2.15. The van der Waals surface area contributed by atoms with Crippen molar-refractivity contribution >= 4 is 16.9 Å². The molecule has 168 valence electrons. The van der Waals surface area contributed by atoms with Gasteiger partial charge in [0.1, 0.15) is 6.61 Å². The molecule has 0 bridgehead atoms. The molecule has 0 unspecified atom stereocenters. The number of pyridine rings is 1. The SMILES string of the molecule is O=C(O)CCc1ccc(-c2ccc3c(OCc4ccccc4)nn(-c4ccccn4)c3c2)cc1. The Kier molecular flexibility index (Phi) is 6.03. The second-order valence-electron chi connectivity index (χ2n) is 8.00. The van der Waals surface area contributed by atoms with Crippen LogP contribution in [0.5, 0.6) is 5.88 Å². The average molecular weight is 450 g/mol. The highest BCUT2D eigenvalue weighted by molar-refractivity contribution is 5.89. The molecule has 0 atom stereocenters. The number of carbonyl (C=O) groups is 1. The maximum absolute atomic E-state index is 10.8. The van der Waals surface area contributed by atoms with Crippen molar-refractivity contribution in [3.63, 3.8) is 0 Å². The first-order chi connectivity index (χ1) is 16.7. The number of carboxylic acid groups (broad SMARTS) is 1. The van der Waals surface area contributed by atoms with Gasteiger partial charge < -0.3 is 9.84 Å². The van der Waals surface area contributed by atoms with E-state index in [0.717, 1.165) is 33.2 Å². The van der Waals surface area contributed by atoms with Crippen LogP contribution in [-0.4, -0.2) is 25.8 Å². The highest BCUT2D eigenvalue weighted by atomic mass is 16.5. The summed E-state index contributed by atoms with van der Waals surface area (Å²) >= 11 is 0. The van der Waals surface area contributed by atoms with Gasteiger partial charge >= 0.3 is 5.97 Å². The Balaban J connectivity index is 1.50. The fraction of sp³-hybridized carbons (Fsp3) is 0.107. The van der Waals surface area contributed by atoms with Gasteiger partial charge in [-0.2, -0.15) is 0 Å². The Hall–Kier alpha value is -4.45. The molecule has 0 amide bonds. The number of fused-ring (bicyclic) bond motifs is 1. The van der Waals surface area contributed by atoms with E-state index in [0.29, 0.717) is 24.7 Å². The fourth-order valence-corrected chi connectivity index (χ4v) is 3.87. The van der Waals surface area contributed by atoms with Crippen molar-refractivity contribution in [2.45, 2.75) is 19.4 Å². The van der Waals surface area contributed by atoms with E-state index in [-0.39, 0.29) is 6.42 Å². The standard InChI is InChI=1S/C28H23N3O3/c32-27(33)16-11-20-9-12-22(13-10-20)23-14-15-24-25(18-23)31(26-8-4-5-17-29-26)30-28(24)34-19-21-6-2-1-3-7-21/h1-10,12-15,17-18H,11,16,19H2,(H,32,33). The summed E-state index contributed by atoms with van der Waals surface area (Å²) in [5, 5.41) is 14.6. The molecule has 2 aromatic heterocycles. The number of benzene rings is 3. The maximum atomic E-state index is 10.8. The first-order valence-electron chi connectivity index (χ1n) is 11.1. The molecule has 0 spiro atoms. The van der Waals surface area contributed by atoms with Gasteiger partial charge in [0.2, 0.25) is 5.88 Å². The van der Waals surface area contributed by atoms with Crippen LogP contribution in [0.1, 0.15) is 17.5 Å². The predicted octanol–water partition coefficient (Wildman–Crippen LogP) is 5.68. The number of aliphatic carboxylic acids is 1. The summed E-state index contributed by atoms with van der Waals surface area (Å²) in [7, 11) is 0. The van der Waals surface area contributed by atoms with Gasteiger partial charge in [-0.1, -0.05) is 66.7 Å². The number of hydrogen-bond acceptors (Lipinski definition) is 4.